The molecule has 1 aliphatic rings. The Morgan fingerprint density at radius 2 is 2.07 bits per heavy atom. The van der Waals surface area contributed by atoms with E-state index in [-0.39, 0.29) is 11.4 Å². The molecular weight excluding hydrogens is 390 g/mol. The van der Waals surface area contributed by atoms with E-state index in [0.29, 0.717) is 19.0 Å². The number of amides is 1. The molecule has 0 radical (unpaired) electrons. The van der Waals surface area contributed by atoms with E-state index >= 15 is 0 Å². The number of para-hydroxylation sites is 1. The average Bonchev–Trinajstić information content (AvgIpc) is 3.14. The Balaban J connectivity index is 1.59. The van der Waals surface area contributed by atoms with Gasteiger partial charge in [0.25, 0.3) is 0 Å². The van der Waals surface area contributed by atoms with Crippen molar-refractivity contribution in [1.29, 1.82) is 0 Å². The Morgan fingerprint density at radius 3 is 2.79 bits per heavy atom. The van der Waals surface area contributed by atoms with Crippen molar-refractivity contribution < 1.29 is 9.53 Å². The number of anilines is 2. The van der Waals surface area contributed by atoms with Gasteiger partial charge in [0, 0.05) is 43.6 Å². The summed E-state index contributed by atoms with van der Waals surface area (Å²) in [5, 5.41) is 6.50. The third-order valence-corrected chi connectivity index (χ3v) is 4.77. The van der Waals surface area contributed by atoms with E-state index in [1.54, 1.807) is 6.20 Å². The topological polar surface area (TPSA) is 79.4 Å². The van der Waals surface area contributed by atoms with Crippen molar-refractivity contribution in [3.05, 3.63) is 47.4 Å². The summed E-state index contributed by atoms with van der Waals surface area (Å²) < 4.78 is 5.31. The van der Waals surface area contributed by atoms with Crippen LogP contribution in [0.3, 0.4) is 0 Å². The lowest BCUT2D eigenvalue weighted by Gasteiger charge is -2.22. The molecule has 1 amide bonds. The number of hydrogen-bond acceptors (Lipinski definition) is 6. The Morgan fingerprint density at radius 1 is 1.31 bits per heavy atom. The first-order valence-corrected chi connectivity index (χ1v) is 10.2. The monoisotopic (exact) mass is 417 g/mol. The number of hydrogen-bond donors (Lipinski definition) is 2. The molecule has 2 N–H and O–H groups in total. The summed E-state index contributed by atoms with van der Waals surface area (Å²) in [6, 6.07) is 10.0. The predicted molar refractivity (Wildman–Crippen MR) is 115 cm³/mol. The molecule has 0 saturated carbocycles. The second-order valence-corrected chi connectivity index (χ2v) is 8.53. The summed E-state index contributed by atoms with van der Waals surface area (Å²) in [5.41, 5.74) is 1.53. The van der Waals surface area contributed by atoms with Gasteiger partial charge in [0.2, 0.25) is 5.28 Å². The van der Waals surface area contributed by atoms with Crippen molar-refractivity contribution >= 4 is 29.2 Å². The van der Waals surface area contributed by atoms with E-state index in [9.17, 15) is 4.79 Å². The fraction of sp³-hybridized carbons (Fsp3) is 0.476. The van der Waals surface area contributed by atoms with E-state index in [0.717, 1.165) is 36.6 Å². The van der Waals surface area contributed by atoms with Crippen LogP contribution in [-0.2, 0) is 11.3 Å². The maximum atomic E-state index is 11.9. The summed E-state index contributed by atoms with van der Waals surface area (Å²) in [5.74, 6) is 1.17. The summed E-state index contributed by atoms with van der Waals surface area (Å²) >= 11 is 6.07. The van der Waals surface area contributed by atoms with Crippen LogP contribution in [0.15, 0.2) is 36.5 Å². The van der Waals surface area contributed by atoms with Gasteiger partial charge in [-0.1, -0.05) is 18.2 Å². The number of nitrogens with zero attached hydrogens (tertiary/aromatic N) is 3. The van der Waals surface area contributed by atoms with Crippen LogP contribution in [0.25, 0.3) is 0 Å². The number of nitrogens with one attached hydrogen (secondary N) is 2. The van der Waals surface area contributed by atoms with Gasteiger partial charge < -0.3 is 20.3 Å². The second-order valence-electron chi connectivity index (χ2n) is 8.19. The summed E-state index contributed by atoms with van der Waals surface area (Å²) in [7, 11) is 0. The predicted octanol–water partition coefficient (Wildman–Crippen LogP) is 4.09. The third kappa shape index (κ3) is 6.49. The minimum atomic E-state index is -0.496. The van der Waals surface area contributed by atoms with Crippen molar-refractivity contribution in [2.24, 2.45) is 5.92 Å². The van der Waals surface area contributed by atoms with Gasteiger partial charge in [-0.25, -0.2) is 14.8 Å². The molecule has 1 atom stereocenters. The summed E-state index contributed by atoms with van der Waals surface area (Å²) in [4.78, 5) is 22.7. The van der Waals surface area contributed by atoms with Gasteiger partial charge in [-0.05, 0) is 56.8 Å². The van der Waals surface area contributed by atoms with Gasteiger partial charge in [0.1, 0.15) is 11.4 Å². The first-order valence-electron chi connectivity index (χ1n) is 9.82. The maximum absolute atomic E-state index is 11.9. The molecule has 2 heterocycles. The summed E-state index contributed by atoms with van der Waals surface area (Å²) in [6.45, 7) is 8.39. The van der Waals surface area contributed by atoms with Gasteiger partial charge in [0.15, 0.2) is 0 Å². The van der Waals surface area contributed by atoms with Crippen LogP contribution in [0.2, 0.25) is 5.28 Å². The van der Waals surface area contributed by atoms with E-state index in [1.165, 1.54) is 0 Å². The highest BCUT2D eigenvalue weighted by Crippen LogP contribution is 2.26. The number of benzene rings is 1. The Labute approximate surface area is 176 Å². The number of halogens is 1. The number of rotatable bonds is 6. The zero-order chi connectivity index (χ0) is 20.9. The molecule has 7 nitrogen and oxygen atoms in total. The molecule has 1 aromatic carbocycles. The molecule has 1 aromatic heterocycles. The molecule has 1 aliphatic heterocycles. The van der Waals surface area contributed by atoms with Gasteiger partial charge >= 0.3 is 6.09 Å². The highest BCUT2D eigenvalue weighted by Gasteiger charge is 2.26. The van der Waals surface area contributed by atoms with E-state index in [4.69, 9.17) is 16.3 Å². The van der Waals surface area contributed by atoms with Crippen molar-refractivity contribution in [1.82, 2.24) is 15.3 Å². The second kappa shape index (κ2) is 9.31. The highest BCUT2D eigenvalue weighted by molar-refractivity contribution is 6.28. The van der Waals surface area contributed by atoms with Crippen molar-refractivity contribution in [2.75, 3.05) is 29.9 Å². The van der Waals surface area contributed by atoms with Crippen LogP contribution < -0.4 is 15.5 Å². The molecule has 8 heteroatoms. The summed E-state index contributed by atoms with van der Waals surface area (Å²) in [6.07, 6.45) is 2.35. The van der Waals surface area contributed by atoms with Crippen molar-refractivity contribution in [3.63, 3.8) is 0 Å². The SMILES string of the molecule is CC(C)(C)OC(=O)NCC1CCN(c2nc(Cl)ncc2CNc2ccccc2)C1. The van der Waals surface area contributed by atoms with E-state index in [2.05, 4.69) is 25.5 Å². The molecule has 1 unspecified atom stereocenters. The first kappa shape index (κ1) is 21.2. The van der Waals surface area contributed by atoms with Crippen LogP contribution in [-0.4, -0.2) is 41.3 Å². The number of carbonyl (C=O) groups excluding carboxylic acids is 1. The third-order valence-electron chi connectivity index (χ3n) is 4.59. The molecule has 3 rings (SSSR count). The van der Waals surface area contributed by atoms with Gasteiger partial charge in [-0.2, -0.15) is 0 Å². The number of alkyl carbamates (subject to hydrolysis) is 1. The lowest BCUT2D eigenvalue weighted by Crippen LogP contribution is -2.36. The fourth-order valence-electron chi connectivity index (χ4n) is 3.26. The van der Waals surface area contributed by atoms with Gasteiger partial charge in [-0.3, -0.25) is 0 Å². The fourth-order valence-corrected chi connectivity index (χ4v) is 3.39. The Hall–Kier alpha value is -2.54. The quantitative estimate of drug-likeness (QED) is 0.689. The Bertz CT molecular complexity index is 826. The number of carbonyl (C=O) groups is 1. The van der Waals surface area contributed by atoms with Crippen molar-refractivity contribution in [3.8, 4) is 0 Å². The Kier molecular flexibility index (Phi) is 6.79. The van der Waals surface area contributed by atoms with Crippen LogP contribution in [0.1, 0.15) is 32.8 Å². The first-order chi connectivity index (χ1) is 13.8. The van der Waals surface area contributed by atoms with Gasteiger partial charge in [-0.15, -0.1) is 0 Å². The normalized spacial score (nSPS) is 16.6. The minimum Gasteiger partial charge on any atom is -0.444 e. The van der Waals surface area contributed by atoms with Crippen LogP contribution in [0.5, 0.6) is 0 Å². The highest BCUT2D eigenvalue weighted by atomic mass is 35.5. The van der Waals surface area contributed by atoms with E-state index < -0.39 is 5.60 Å². The molecule has 29 heavy (non-hydrogen) atoms. The van der Waals surface area contributed by atoms with Crippen LogP contribution in [0, 0.1) is 5.92 Å². The number of aromatic nitrogens is 2. The zero-order valence-electron chi connectivity index (χ0n) is 17.1. The standard InChI is InChI=1S/C21H28ClN5O2/c1-21(2,3)29-20(28)25-11-15-9-10-27(14-15)18-16(13-24-19(22)26-18)12-23-17-7-5-4-6-8-17/h4-8,13,15,23H,9-12,14H2,1-3H3,(H,25,28). The molecule has 1 saturated heterocycles. The number of ether oxygens (including phenoxy) is 1. The average molecular weight is 418 g/mol. The molecular formula is C21H28ClN5O2. The van der Waals surface area contributed by atoms with Gasteiger partial charge in [0.05, 0.1) is 0 Å². The molecule has 0 bridgehead atoms. The molecule has 1 fully saturated rings. The lowest BCUT2D eigenvalue weighted by molar-refractivity contribution is 0.0520. The molecule has 0 aliphatic carbocycles. The van der Waals surface area contributed by atoms with Crippen LogP contribution in [0.4, 0.5) is 16.3 Å². The minimum absolute atomic E-state index is 0.235. The van der Waals surface area contributed by atoms with Crippen LogP contribution >= 0.6 is 11.6 Å². The lowest BCUT2D eigenvalue weighted by atomic mass is 10.1. The maximum Gasteiger partial charge on any atom is 0.407 e. The largest absolute Gasteiger partial charge is 0.444 e. The molecule has 156 valence electrons. The zero-order valence-corrected chi connectivity index (χ0v) is 17.9. The molecule has 2 aromatic rings. The van der Waals surface area contributed by atoms with E-state index in [1.807, 2.05) is 51.1 Å². The smallest absolute Gasteiger partial charge is 0.407 e. The van der Waals surface area contributed by atoms with Crippen molar-refractivity contribution in [2.45, 2.75) is 39.3 Å². The molecule has 0 spiro atoms.